The van der Waals surface area contributed by atoms with Crippen molar-refractivity contribution in [1.82, 2.24) is 0 Å². The van der Waals surface area contributed by atoms with E-state index in [9.17, 15) is 0 Å². The van der Waals surface area contributed by atoms with Crippen LogP contribution in [0.15, 0.2) is 0 Å². The van der Waals surface area contributed by atoms with E-state index in [1.165, 1.54) is 411 Å². The van der Waals surface area contributed by atoms with E-state index in [0.29, 0.717) is 0 Å². The zero-order valence-corrected chi connectivity index (χ0v) is 59.2. The number of rotatable bonds is 76. The molecule has 0 atom stereocenters. The van der Waals surface area contributed by atoms with Crippen LogP contribution in [0.4, 0.5) is 0 Å². The Hall–Kier alpha value is 0.217. The molecule has 0 unspecified atom stereocenters. The Morgan fingerprint density at radius 2 is 0.173 bits per heavy atom. The third-order valence-corrected chi connectivity index (χ3v) is 25.9. The molecule has 0 heterocycles. The van der Waals surface area contributed by atoms with Crippen LogP contribution < -0.4 is 0 Å². The smallest absolute Gasteiger partial charge is 0.0535 e. The van der Waals surface area contributed by atoms with E-state index in [-0.39, 0.29) is 0 Å². The van der Waals surface area contributed by atoms with Gasteiger partial charge in [-0.3, -0.25) is 0 Å². The highest BCUT2D eigenvalue weighted by Crippen LogP contribution is 2.36. The van der Waals surface area contributed by atoms with Gasteiger partial charge in [0.2, 0.25) is 0 Å². The van der Waals surface area contributed by atoms with Crippen molar-refractivity contribution in [3.05, 3.63) is 0 Å². The van der Waals surface area contributed by atoms with Crippen molar-refractivity contribution in [2.75, 3.05) is 0 Å². The first kappa shape index (κ1) is 81.2. The molecule has 0 nitrogen and oxygen atoms in total. The molecule has 0 aromatic rings. The molecule has 0 aliphatic heterocycles. The Kier molecular flexibility index (Phi) is 74.7. The van der Waals surface area contributed by atoms with E-state index >= 15 is 0 Å². The Labute approximate surface area is 519 Å². The van der Waals surface area contributed by atoms with E-state index < -0.39 is 8.07 Å². The molecule has 0 spiro atoms. The molecule has 0 aliphatic carbocycles. The van der Waals surface area contributed by atoms with Crippen LogP contribution in [0.25, 0.3) is 0 Å². The minimum Gasteiger partial charge on any atom is -0.0654 e. The molecule has 81 heavy (non-hydrogen) atoms. The summed E-state index contributed by atoms with van der Waals surface area (Å²) >= 11 is 0. The second kappa shape index (κ2) is 74.5. The SMILES string of the molecule is CCCCCCCCCCCCCCCCCCCC[Si](CCCCCCCCCCCCCCCCCCCC)(CCCCCCCCCCCCCCCCCCCC)CCCCCCCCCCCCCCCCCCCC. The van der Waals surface area contributed by atoms with Gasteiger partial charge in [-0.25, -0.2) is 0 Å². The van der Waals surface area contributed by atoms with Gasteiger partial charge >= 0.3 is 0 Å². The molecule has 0 aliphatic rings. The van der Waals surface area contributed by atoms with E-state index in [4.69, 9.17) is 0 Å². The minimum atomic E-state index is -1.24. The van der Waals surface area contributed by atoms with Crippen LogP contribution in [0, 0.1) is 0 Å². The van der Waals surface area contributed by atoms with Crippen molar-refractivity contribution in [1.29, 1.82) is 0 Å². The first-order valence-corrected chi connectivity index (χ1v) is 43.1. The summed E-state index contributed by atoms with van der Waals surface area (Å²) in [4.78, 5) is 0. The fraction of sp³-hybridized carbons (Fsp3) is 1.00. The van der Waals surface area contributed by atoms with Gasteiger partial charge in [0.1, 0.15) is 0 Å². The van der Waals surface area contributed by atoms with Crippen molar-refractivity contribution >= 4 is 8.07 Å². The van der Waals surface area contributed by atoms with Gasteiger partial charge < -0.3 is 0 Å². The third-order valence-electron chi connectivity index (χ3n) is 20.2. The highest BCUT2D eigenvalue weighted by molar-refractivity contribution is 6.79. The lowest BCUT2D eigenvalue weighted by atomic mass is 10.0. The van der Waals surface area contributed by atoms with Crippen LogP contribution in [0.2, 0.25) is 24.2 Å². The van der Waals surface area contributed by atoms with E-state index in [0.717, 1.165) is 0 Å². The molecule has 0 bridgehead atoms. The predicted molar refractivity (Wildman–Crippen MR) is 380 cm³/mol. The standard InChI is InChI=1S/C80H164Si/c1-5-9-13-17-21-25-29-33-37-41-45-49-53-57-61-65-69-73-77-81(78-74-70-66-62-58-54-50-46-42-38-34-30-26-22-18-14-10-6-2,79-75-71-67-63-59-55-51-47-43-39-35-31-27-23-19-15-11-7-3)80-76-72-68-64-60-56-52-48-44-40-36-32-28-24-20-16-12-8-4/h5-80H2,1-4H3. The second-order valence-corrected chi connectivity index (χ2v) is 33.5. The van der Waals surface area contributed by atoms with Gasteiger partial charge in [0.15, 0.2) is 0 Å². The van der Waals surface area contributed by atoms with Gasteiger partial charge in [-0.15, -0.1) is 0 Å². The fourth-order valence-corrected chi connectivity index (χ4v) is 19.9. The Morgan fingerprint density at radius 1 is 0.0988 bits per heavy atom. The maximum Gasteiger partial charge on any atom is 0.0535 e. The van der Waals surface area contributed by atoms with Gasteiger partial charge in [-0.1, -0.05) is 514 Å². The van der Waals surface area contributed by atoms with Crippen LogP contribution in [0.1, 0.15) is 490 Å². The van der Waals surface area contributed by atoms with Gasteiger partial charge in [0.05, 0.1) is 8.07 Å². The molecule has 0 aromatic heterocycles. The number of hydrogen-bond acceptors (Lipinski definition) is 0. The van der Waals surface area contributed by atoms with Crippen molar-refractivity contribution in [2.24, 2.45) is 0 Å². The van der Waals surface area contributed by atoms with E-state index in [1.807, 2.05) is 0 Å². The van der Waals surface area contributed by atoms with Crippen molar-refractivity contribution < 1.29 is 0 Å². The van der Waals surface area contributed by atoms with Crippen molar-refractivity contribution in [3.8, 4) is 0 Å². The Bertz CT molecular complexity index is 883. The Morgan fingerprint density at radius 3 is 0.259 bits per heavy atom. The normalized spacial score (nSPS) is 12.0. The Balaban J connectivity index is 4.98. The maximum absolute atomic E-state index is 2.33. The number of hydrogen-bond donors (Lipinski definition) is 0. The lowest BCUT2D eigenvalue weighted by Crippen LogP contribution is -2.34. The summed E-state index contributed by atoms with van der Waals surface area (Å²) in [5, 5.41) is 0. The molecule has 0 rings (SSSR count). The summed E-state index contributed by atoms with van der Waals surface area (Å²) in [6.45, 7) is 9.34. The summed E-state index contributed by atoms with van der Waals surface area (Å²) < 4.78 is 0. The largest absolute Gasteiger partial charge is 0.0654 e. The average molecular weight is 1150 g/mol. The van der Waals surface area contributed by atoms with Gasteiger partial charge in [-0.05, 0) is 0 Å². The molecule has 0 saturated heterocycles. The lowest BCUT2D eigenvalue weighted by Gasteiger charge is -2.33. The maximum atomic E-state index is 2.33. The summed E-state index contributed by atoms with van der Waals surface area (Å²) in [6.07, 6.45) is 108. The molecule has 0 N–H and O–H groups in total. The molecular weight excluding hydrogens is 989 g/mol. The molecule has 488 valence electrons. The third kappa shape index (κ3) is 69.2. The molecule has 1 heteroatoms. The van der Waals surface area contributed by atoms with E-state index in [1.54, 1.807) is 75.5 Å². The summed E-state index contributed by atoms with van der Waals surface area (Å²) in [7, 11) is -1.24. The van der Waals surface area contributed by atoms with Crippen LogP contribution in [-0.2, 0) is 0 Å². The molecule has 0 aromatic carbocycles. The quantitative estimate of drug-likeness (QED) is 0.0421. The molecule has 0 fully saturated rings. The molecule has 0 saturated carbocycles. The highest BCUT2D eigenvalue weighted by Gasteiger charge is 2.30. The van der Waals surface area contributed by atoms with Crippen molar-refractivity contribution in [3.63, 3.8) is 0 Å². The zero-order valence-electron chi connectivity index (χ0n) is 58.2. The lowest BCUT2D eigenvalue weighted by molar-refractivity contribution is 0.524. The average Bonchev–Trinajstić information content (AvgIpc) is 3.47. The second-order valence-electron chi connectivity index (χ2n) is 28.5. The first-order chi connectivity index (χ1) is 40.2. The molecular formula is C80H164Si. The minimum absolute atomic E-state index is 1.24. The van der Waals surface area contributed by atoms with Gasteiger partial charge in [-0.2, -0.15) is 0 Å². The topological polar surface area (TPSA) is 0 Å². The predicted octanol–water partition coefficient (Wildman–Crippen LogP) is 31.6. The van der Waals surface area contributed by atoms with Crippen LogP contribution in [0.5, 0.6) is 0 Å². The number of unbranched alkanes of at least 4 members (excludes halogenated alkanes) is 68. The summed E-state index contributed by atoms with van der Waals surface area (Å²) in [5.74, 6) is 0. The monoisotopic (exact) mass is 1150 g/mol. The summed E-state index contributed by atoms with van der Waals surface area (Å²) in [6, 6.07) is 6.79. The zero-order chi connectivity index (χ0) is 58.2. The fourth-order valence-electron chi connectivity index (χ4n) is 14.4. The summed E-state index contributed by atoms with van der Waals surface area (Å²) in [5.41, 5.74) is 0. The van der Waals surface area contributed by atoms with Crippen LogP contribution >= 0.6 is 0 Å². The van der Waals surface area contributed by atoms with Gasteiger partial charge in [0.25, 0.3) is 0 Å². The highest BCUT2D eigenvalue weighted by atomic mass is 28.3. The van der Waals surface area contributed by atoms with Crippen molar-refractivity contribution in [2.45, 2.75) is 514 Å². The molecule has 0 amide bonds. The van der Waals surface area contributed by atoms with Crippen LogP contribution in [0.3, 0.4) is 0 Å². The van der Waals surface area contributed by atoms with E-state index in [2.05, 4.69) is 27.7 Å². The van der Waals surface area contributed by atoms with Gasteiger partial charge in [0, 0.05) is 0 Å². The molecule has 0 radical (unpaired) electrons. The first-order valence-electron chi connectivity index (χ1n) is 40.2. The van der Waals surface area contributed by atoms with Crippen LogP contribution in [-0.4, -0.2) is 8.07 Å².